The number of benzene rings is 1. The predicted octanol–water partition coefficient (Wildman–Crippen LogP) is 2.62. The van der Waals surface area contributed by atoms with Crippen LogP contribution in [0.25, 0.3) is 0 Å². The van der Waals surface area contributed by atoms with E-state index in [1.165, 1.54) is 5.56 Å². The molecule has 0 aliphatic carbocycles. The van der Waals surface area contributed by atoms with Gasteiger partial charge in [0.1, 0.15) is 6.04 Å². The molecule has 0 bridgehead atoms. The molecule has 1 unspecified atom stereocenters. The first-order chi connectivity index (χ1) is 7.98. The molecule has 3 nitrogen and oxygen atoms in total. The zero-order chi connectivity index (χ0) is 12.5. The van der Waals surface area contributed by atoms with Gasteiger partial charge in [-0.05, 0) is 17.8 Å². The summed E-state index contributed by atoms with van der Waals surface area (Å²) in [6, 6.07) is 10.7. The van der Waals surface area contributed by atoms with E-state index in [-0.39, 0.29) is 18.4 Å². The number of hydrogen-bond donors (Lipinski definition) is 1. The van der Waals surface area contributed by atoms with E-state index in [0.29, 0.717) is 0 Å². The van der Waals surface area contributed by atoms with Gasteiger partial charge in [0.2, 0.25) is 0 Å². The van der Waals surface area contributed by atoms with Gasteiger partial charge in [0.15, 0.2) is 0 Å². The molecule has 1 fully saturated rings. The topological polar surface area (TPSA) is 40.5 Å². The SMILES string of the molecule is C[Si]1(C)CC(C(=O)O)N(Cc2ccccc2)C1.Cl. The monoisotopic (exact) mass is 285 g/mol. The number of halogens is 1. The molecule has 1 aromatic rings. The van der Waals surface area contributed by atoms with E-state index >= 15 is 0 Å². The highest BCUT2D eigenvalue weighted by molar-refractivity contribution is 6.78. The van der Waals surface area contributed by atoms with Gasteiger partial charge in [0.25, 0.3) is 0 Å². The van der Waals surface area contributed by atoms with Gasteiger partial charge in [-0.25, -0.2) is 0 Å². The van der Waals surface area contributed by atoms with Crippen LogP contribution in [-0.4, -0.2) is 36.3 Å². The summed E-state index contributed by atoms with van der Waals surface area (Å²) in [6.07, 6.45) is 0.985. The molecule has 1 aliphatic rings. The van der Waals surface area contributed by atoms with E-state index in [2.05, 4.69) is 30.1 Å². The second-order valence-electron chi connectivity index (χ2n) is 5.61. The van der Waals surface area contributed by atoms with Gasteiger partial charge in [-0.1, -0.05) is 43.4 Å². The average Bonchev–Trinajstić information content (AvgIpc) is 2.55. The lowest BCUT2D eigenvalue weighted by molar-refractivity contribution is -0.141. The summed E-state index contributed by atoms with van der Waals surface area (Å²) in [5.74, 6) is -0.668. The minimum atomic E-state index is -1.34. The van der Waals surface area contributed by atoms with Gasteiger partial charge >= 0.3 is 5.97 Å². The fraction of sp³-hybridized carbons (Fsp3) is 0.462. The Hall–Kier alpha value is -0.843. The summed E-state index contributed by atoms with van der Waals surface area (Å²) in [5.41, 5.74) is 1.20. The van der Waals surface area contributed by atoms with Gasteiger partial charge in [-0.3, -0.25) is 9.69 Å². The Balaban J connectivity index is 0.00000162. The molecule has 1 atom stereocenters. The van der Waals surface area contributed by atoms with E-state index in [1.54, 1.807) is 0 Å². The van der Waals surface area contributed by atoms with Gasteiger partial charge in [0, 0.05) is 6.54 Å². The quantitative estimate of drug-likeness (QED) is 0.868. The van der Waals surface area contributed by atoms with Crippen LogP contribution in [0, 0.1) is 0 Å². The highest BCUT2D eigenvalue weighted by atomic mass is 35.5. The van der Waals surface area contributed by atoms with Gasteiger partial charge < -0.3 is 5.11 Å². The minimum absolute atomic E-state index is 0. The Bertz CT molecular complexity index is 411. The number of carboxylic acids is 1. The average molecular weight is 286 g/mol. The van der Waals surface area contributed by atoms with Crippen LogP contribution in [0.5, 0.6) is 0 Å². The summed E-state index contributed by atoms with van der Waals surface area (Å²) in [7, 11) is -1.34. The maximum absolute atomic E-state index is 11.3. The van der Waals surface area contributed by atoms with Crippen molar-refractivity contribution in [1.82, 2.24) is 4.90 Å². The maximum atomic E-state index is 11.3. The lowest BCUT2D eigenvalue weighted by atomic mass is 10.2. The first-order valence-corrected chi connectivity index (χ1v) is 9.40. The van der Waals surface area contributed by atoms with Crippen molar-refractivity contribution in [3.63, 3.8) is 0 Å². The van der Waals surface area contributed by atoms with Crippen molar-refractivity contribution in [3.8, 4) is 0 Å². The zero-order valence-corrected chi connectivity index (χ0v) is 12.6. The number of hydrogen-bond acceptors (Lipinski definition) is 2. The van der Waals surface area contributed by atoms with Crippen LogP contribution in [0.2, 0.25) is 19.1 Å². The van der Waals surface area contributed by atoms with Crippen LogP contribution in [0.4, 0.5) is 0 Å². The standard InChI is InChI=1S/C13H19NO2Si.ClH/c1-17(2)9-12(13(15)16)14(10-17)8-11-6-4-3-5-7-11;/h3-7,12H,8-10H2,1-2H3,(H,15,16);1H. The smallest absolute Gasteiger partial charge is 0.320 e. The van der Waals surface area contributed by atoms with Crippen LogP contribution in [0.15, 0.2) is 30.3 Å². The van der Waals surface area contributed by atoms with Gasteiger partial charge in [-0.2, -0.15) is 0 Å². The van der Waals surface area contributed by atoms with Crippen LogP contribution in [0.3, 0.4) is 0 Å². The van der Waals surface area contributed by atoms with Crippen molar-refractivity contribution < 1.29 is 9.90 Å². The third-order valence-electron chi connectivity index (χ3n) is 3.33. The van der Waals surface area contributed by atoms with E-state index in [1.807, 2.05) is 18.2 Å². The third kappa shape index (κ3) is 3.57. The first kappa shape index (κ1) is 15.2. The number of nitrogens with zero attached hydrogens (tertiary/aromatic N) is 1. The molecular weight excluding hydrogens is 266 g/mol. The van der Waals surface area contributed by atoms with E-state index in [0.717, 1.165) is 18.8 Å². The molecule has 1 aromatic carbocycles. The molecular formula is C13H20ClNO2Si. The summed E-state index contributed by atoms with van der Waals surface area (Å²) in [6.45, 7) is 5.30. The van der Waals surface area contributed by atoms with Crippen molar-refractivity contribution in [2.75, 3.05) is 6.17 Å². The highest BCUT2D eigenvalue weighted by Gasteiger charge is 2.42. The number of carboxylic acid groups (broad SMARTS) is 1. The number of rotatable bonds is 3. The Kier molecular flexibility index (Phi) is 4.96. The van der Waals surface area contributed by atoms with Crippen molar-refractivity contribution in [2.24, 2.45) is 0 Å². The van der Waals surface area contributed by atoms with E-state index in [4.69, 9.17) is 0 Å². The molecule has 5 heteroatoms. The molecule has 0 radical (unpaired) electrons. The summed E-state index contributed by atoms with van der Waals surface area (Å²) in [4.78, 5) is 13.4. The molecule has 0 spiro atoms. The largest absolute Gasteiger partial charge is 0.480 e. The van der Waals surface area contributed by atoms with Crippen molar-refractivity contribution in [3.05, 3.63) is 35.9 Å². The minimum Gasteiger partial charge on any atom is -0.480 e. The third-order valence-corrected chi connectivity index (χ3v) is 6.09. The van der Waals surface area contributed by atoms with Crippen molar-refractivity contribution in [2.45, 2.75) is 31.7 Å². The predicted molar refractivity (Wildman–Crippen MR) is 77.8 cm³/mol. The second kappa shape index (κ2) is 5.86. The van der Waals surface area contributed by atoms with Crippen LogP contribution < -0.4 is 0 Å². The normalized spacial score (nSPS) is 22.4. The summed E-state index contributed by atoms with van der Waals surface area (Å²) < 4.78 is 0. The Morgan fingerprint density at radius 1 is 1.39 bits per heavy atom. The molecule has 0 amide bonds. The molecule has 0 saturated carbocycles. The Morgan fingerprint density at radius 2 is 2.00 bits per heavy atom. The van der Waals surface area contributed by atoms with Crippen LogP contribution in [-0.2, 0) is 11.3 Å². The Labute approximate surface area is 115 Å². The van der Waals surface area contributed by atoms with E-state index in [9.17, 15) is 9.90 Å². The van der Waals surface area contributed by atoms with Crippen molar-refractivity contribution in [1.29, 1.82) is 0 Å². The summed E-state index contributed by atoms with van der Waals surface area (Å²) in [5, 5.41) is 9.27. The fourth-order valence-corrected chi connectivity index (χ4v) is 5.65. The molecule has 100 valence electrons. The number of aliphatic carboxylic acids is 1. The second-order valence-corrected chi connectivity index (χ2v) is 10.7. The lowest BCUT2D eigenvalue weighted by Crippen LogP contribution is -2.35. The van der Waals surface area contributed by atoms with Gasteiger partial charge in [0.05, 0.1) is 8.07 Å². The first-order valence-electron chi connectivity index (χ1n) is 5.99. The Morgan fingerprint density at radius 3 is 2.56 bits per heavy atom. The molecule has 1 saturated heterocycles. The zero-order valence-electron chi connectivity index (χ0n) is 10.8. The molecule has 0 aromatic heterocycles. The van der Waals surface area contributed by atoms with Crippen molar-refractivity contribution >= 4 is 26.5 Å². The number of carbonyl (C=O) groups is 1. The van der Waals surface area contributed by atoms with E-state index < -0.39 is 14.0 Å². The molecule has 1 heterocycles. The highest BCUT2D eigenvalue weighted by Crippen LogP contribution is 2.28. The fourth-order valence-electron chi connectivity index (χ4n) is 2.60. The molecule has 18 heavy (non-hydrogen) atoms. The van der Waals surface area contributed by atoms with Crippen LogP contribution >= 0.6 is 12.4 Å². The maximum Gasteiger partial charge on any atom is 0.320 e. The molecule has 2 rings (SSSR count). The van der Waals surface area contributed by atoms with Gasteiger partial charge in [-0.15, -0.1) is 12.4 Å². The van der Waals surface area contributed by atoms with Crippen LogP contribution in [0.1, 0.15) is 5.56 Å². The molecule has 1 aliphatic heterocycles. The molecule has 1 N–H and O–H groups in total. The lowest BCUT2D eigenvalue weighted by Gasteiger charge is -2.21. The summed E-state index contributed by atoms with van der Waals surface area (Å²) >= 11 is 0.